The fourth-order valence-corrected chi connectivity index (χ4v) is 3.99. The van der Waals surface area contributed by atoms with Crippen molar-refractivity contribution in [2.75, 3.05) is 12.4 Å². The number of fused-ring (bicyclic) bond motifs is 1. The van der Waals surface area contributed by atoms with Gasteiger partial charge in [-0.3, -0.25) is 19.2 Å². The number of Topliss-reactive ketones (excluding diaryl/α,β-unsaturated/α-hetero) is 1. The lowest BCUT2D eigenvalue weighted by Gasteiger charge is -2.24. The van der Waals surface area contributed by atoms with Gasteiger partial charge in [-0.25, -0.2) is 0 Å². The predicted octanol–water partition coefficient (Wildman–Crippen LogP) is 3.18. The van der Waals surface area contributed by atoms with E-state index >= 15 is 0 Å². The van der Waals surface area contributed by atoms with Gasteiger partial charge in [0.15, 0.2) is 5.78 Å². The molecule has 1 amide bonds. The number of aromatic nitrogens is 1. The summed E-state index contributed by atoms with van der Waals surface area (Å²) in [6, 6.07) is 15.1. The van der Waals surface area contributed by atoms with Gasteiger partial charge in [0, 0.05) is 23.4 Å². The number of rotatable bonds is 6. The summed E-state index contributed by atoms with van der Waals surface area (Å²) < 4.78 is 5.17. The minimum Gasteiger partial charge on any atom is -0.497 e. The van der Waals surface area contributed by atoms with Crippen LogP contribution in [0, 0.1) is 0 Å². The molecule has 0 fully saturated rings. The molecular weight excluding hydrogens is 424 g/mol. The number of hydrogen-bond donors (Lipinski definition) is 3. The van der Waals surface area contributed by atoms with Gasteiger partial charge in [0.1, 0.15) is 11.3 Å². The number of ether oxygens (including phenoxy) is 1. The molecule has 0 saturated carbocycles. The first-order valence-corrected chi connectivity index (χ1v) is 10.4. The third-order valence-corrected chi connectivity index (χ3v) is 5.70. The first-order valence-electron chi connectivity index (χ1n) is 10.4. The second kappa shape index (κ2) is 9.12. The highest BCUT2D eigenvalue weighted by Crippen LogP contribution is 2.32. The van der Waals surface area contributed by atoms with Crippen LogP contribution in [0.1, 0.15) is 49.9 Å². The number of hydrogen-bond acceptors (Lipinski definition) is 5. The van der Waals surface area contributed by atoms with Crippen LogP contribution >= 0.6 is 0 Å². The van der Waals surface area contributed by atoms with Crippen LogP contribution in [0.4, 0.5) is 5.69 Å². The Morgan fingerprint density at radius 1 is 1.06 bits per heavy atom. The minimum atomic E-state index is -0.953. The first kappa shape index (κ1) is 22.0. The molecule has 1 aliphatic carbocycles. The summed E-state index contributed by atoms with van der Waals surface area (Å²) in [5.74, 6) is -1.08. The molecule has 0 spiro atoms. The molecule has 2 aromatic carbocycles. The number of benzene rings is 2. The summed E-state index contributed by atoms with van der Waals surface area (Å²) in [5, 5.41) is 11.5. The van der Waals surface area contributed by atoms with Gasteiger partial charge in [0.05, 0.1) is 13.5 Å². The van der Waals surface area contributed by atoms with Gasteiger partial charge in [-0.15, -0.1) is 0 Å². The van der Waals surface area contributed by atoms with Crippen molar-refractivity contribution in [3.8, 4) is 5.75 Å². The van der Waals surface area contributed by atoms with Gasteiger partial charge >= 0.3 is 5.97 Å². The van der Waals surface area contributed by atoms with Crippen molar-refractivity contribution in [1.82, 2.24) is 4.98 Å². The highest BCUT2D eigenvalue weighted by molar-refractivity contribution is 6.06. The average Bonchev–Trinajstić information content (AvgIpc) is 2.79. The van der Waals surface area contributed by atoms with E-state index in [0.29, 0.717) is 28.9 Å². The number of aliphatic carboxylic acids is 1. The average molecular weight is 446 g/mol. The Labute approximate surface area is 189 Å². The van der Waals surface area contributed by atoms with E-state index < -0.39 is 17.4 Å². The van der Waals surface area contributed by atoms with Crippen LogP contribution in [-0.2, 0) is 17.6 Å². The topological polar surface area (TPSA) is 126 Å². The number of aromatic amines is 1. The van der Waals surface area contributed by atoms with Crippen LogP contribution in [0.5, 0.6) is 5.75 Å². The van der Waals surface area contributed by atoms with E-state index in [1.807, 2.05) is 24.3 Å². The fraction of sp³-hybridized carbons (Fsp3) is 0.200. The number of H-pyrrole nitrogens is 1. The van der Waals surface area contributed by atoms with Crippen LogP contribution in [0.15, 0.2) is 59.4 Å². The zero-order valence-corrected chi connectivity index (χ0v) is 17.9. The number of carboxylic acids is 1. The Balaban J connectivity index is 1.53. The standard InChI is InChI=1S/C25H22N2O6/c1-33-18-8-4-15(5-9-18)16-11-21-19(22(28)12-16)13-20(25(32)27-21)24(31)26-17-6-2-14(3-7-17)10-23(29)30/h2-9,13,16H,10-12H2,1H3,(H,26,31)(H,27,32)(H,29,30)/t16-/m1/s1. The van der Waals surface area contributed by atoms with Crippen LogP contribution in [-0.4, -0.2) is 34.9 Å². The Morgan fingerprint density at radius 2 is 1.76 bits per heavy atom. The molecule has 0 unspecified atom stereocenters. The number of carbonyl (C=O) groups excluding carboxylic acids is 2. The van der Waals surface area contributed by atoms with E-state index in [1.165, 1.54) is 6.07 Å². The first-order chi connectivity index (χ1) is 15.8. The number of carbonyl (C=O) groups is 3. The van der Waals surface area contributed by atoms with Crippen molar-refractivity contribution in [1.29, 1.82) is 0 Å². The van der Waals surface area contributed by atoms with E-state index in [9.17, 15) is 19.2 Å². The minimum absolute atomic E-state index is 0.0736. The second-order valence-electron chi connectivity index (χ2n) is 7.93. The zero-order valence-electron chi connectivity index (χ0n) is 17.9. The Morgan fingerprint density at radius 3 is 2.39 bits per heavy atom. The van der Waals surface area contributed by atoms with Crippen molar-refractivity contribution in [2.24, 2.45) is 0 Å². The van der Waals surface area contributed by atoms with Crippen LogP contribution in [0.3, 0.4) is 0 Å². The molecule has 8 heteroatoms. The van der Waals surface area contributed by atoms with E-state index in [4.69, 9.17) is 9.84 Å². The summed E-state index contributed by atoms with van der Waals surface area (Å²) in [6.07, 6.45) is 0.630. The highest BCUT2D eigenvalue weighted by Gasteiger charge is 2.29. The Bertz CT molecular complexity index is 1280. The second-order valence-corrected chi connectivity index (χ2v) is 7.93. The van der Waals surface area contributed by atoms with Gasteiger partial charge in [-0.2, -0.15) is 0 Å². The highest BCUT2D eigenvalue weighted by atomic mass is 16.5. The number of carboxylic acid groups (broad SMARTS) is 1. The molecule has 3 N–H and O–H groups in total. The van der Waals surface area contributed by atoms with Gasteiger partial charge in [-0.1, -0.05) is 24.3 Å². The number of ketones is 1. The lowest BCUT2D eigenvalue weighted by Crippen LogP contribution is -2.29. The predicted molar refractivity (Wildman–Crippen MR) is 121 cm³/mol. The summed E-state index contributed by atoms with van der Waals surface area (Å²) in [4.78, 5) is 51.6. The summed E-state index contributed by atoms with van der Waals surface area (Å²) >= 11 is 0. The van der Waals surface area contributed by atoms with Crippen molar-refractivity contribution in [2.45, 2.75) is 25.2 Å². The van der Waals surface area contributed by atoms with Gasteiger partial charge < -0.3 is 20.1 Å². The number of amides is 1. The van der Waals surface area contributed by atoms with Crippen LogP contribution in [0.25, 0.3) is 0 Å². The molecule has 8 nitrogen and oxygen atoms in total. The molecular formula is C25H22N2O6. The molecule has 0 aliphatic heterocycles. The lowest BCUT2D eigenvalue weighted by molar-refractivity contribution is -0.136. The number of nitrogens with one attached hydrogen (secondary N) is 2. The largest absolute Gasteiger partial charge is 0.497 e. The molecule has 4 rings (SSSR count). The molecule has 1 atom stereocenters. The van der Waals surface area contributed by atoms with E-state index in [2.05, 4.69) is 10.3 Å². The Hall–Kier alpha value is -4.20. The molecule has 33 heavy (non-hydrogen) atoms. The zero-order chi connectivity index (χ0) is 23.5. The van der Waals surface area contributed by atoms with E-state index in [-0.39, 0.29) is 30.1 Å². The number of methoxy groups -OCH3 is 1. The Kier molecular flexibility index (Phi) is 6.08. The molecule has 1 heterocycles. The normalized spacial score (nSPS) is 14.9. The van der Waals surface area contributed by atoms with Crippen LogP contribution < -0.4 is 15.6 Å². The van der Waals surface area contributed by atoms with E-state index in [0.717, 1.165) is 11.3 Å². The van der Waals surface area contributed by atoms with Gasteiger partial charge in [0.2, 0.25) is 0 Å². The van der Waals surface area contributed by atoms with Crippen molar-refractivity contribution < 1.29 is 24.2 Å². The molecule has 168 valence electrons. The van der Waals surface area contributed by atoms with Crippen molar-refractivity contribution in [3.05, 3.63) is 92.9 Å². The quantitative estimate of drug-likeness (QED) is 0.534. The molecule has 1 aromatic heterocycles. The lowest BCUT2D eigenvalue weighted by atomic mass is 9.81. The maximum absolute atomic E-state index is 12.8. The molecule has 0 bridgehead atoms. The van der Waals surface area contributed by atoms with Gasteiger partial charge in [-0.05, 0) is 53.8 Å². The third kappa shape index (κ3) is 4.85. The number of anilines is 1. The van der Waals surface area contributed by atoms with Crippen molar-refractivity contribution in [3.63, 3.8) is 0 Å². The third-order valence-electron chi connectivity index (χ3n) is 5.70. The maximum atomic E-state index is 12.8. The summed E-state index contributed by atoms with van der Waals surface area (Å²) in [5.41, 5.74) is 2.12. The molecule has 0 saturated heterocycles. The summed E-state index contributed by atoms with van der Waals surface area (Å²) in [7, 11) is 1.59. The molecule has 3 aromatic rings. The van der Waals surface area contributed by atoms with E-state index in [1.54, 1.807) is 31.4 Å². The maximum Gasteiger partial charge on any atom is 0.307 e. The van der Waals surface area contributed by atoms with Gasteiger partial charge in [0.25, 0.3) is 11.5 Å². The fourth-order valence-electron chi connectivity index (χ4n) is 3.99. The van der Waals surface area contributed by atoms with Crippen molar-refractivity contribution >= 4 is 23.3 Å². The monoisotopic (exact) mass is 446 g/mol. The SMILES string of the molecule is COc1ccc([C@H]2CC(=O)c3cc(C(=O)Nc4ccc(CC(=O)O)cc4)c(=O)[nH]c3C2)cc1. The van der Waals surface area contributed by atoms with Crippen LogP contribution in [0.2, 0.25) is 0 Å². The number of pyridine rings is 1. The molecule has 0 radical (unpaired) electrons. The molecule has 1 aliphatic rings. The summed E-state index contributed by atoms with van der Waals surface area (Å²) in [6.45, 7) is 0. The smallest absolute Gasteiger partial charge is 0.307 e.